The molecule has 1 unspecified atom stereocenters. The monoisotopic (exact) mass is 332 g/mol. The van der Waals surface area contributed by atoms with E-state index in [0.717, 1.165) is 30.6 Å². The molecule has 0 heterocycles. The van der Waals surface area contributed by atoms with Gasteiger partial charge in [0.1, 0.15) is 11.4 Å². The lowest BCUT2D eigenvalue weighted by atomic mass is 9.82. The highest BCUT2D eigenvalue weighted by Crippen LogP contribution is 2.35. The van der Waals surface area contributed by atoms with Crippen LogP contribution in [0.3, 0.4) is 0 Å². The first-order valence-electron chi connectivity index (χ1n) is 8.35. The highest BCUT2D eigenvalue weighted by Gasteiger charge is 2.42. The Kier molecular flexibility index (Phi) is 5.47. The lowest BCUT2D eigenvalue weighted by molar-refractivity contribution is 0.0598. The summed E-state index contributed by atoms with van der Waals surface area (Å²) in [7, 11) is -0.249. The van der Waals surface area contributed by atoms with Crippen LogP contribution >= 0.6 is 0 Å². The fourth-order valence-electron chi connectivity index (χ4n) is 3.16. The Bertz CT molecular complexity index is 584. The Hall–Kier alpha value is -1.39. The van der Waals surface area contributed by atoms with E-state index in [4.69, 9.17) is 9.16 Å². The molecule has 23 heavy (non-hydrogen) atoms. The van der Waals surface area contributed by atoms with Gasteiger partial charge in [0.2, 0.25) is 0 Å². The maximum Gasteiger partial charge on any atom is 0.197 e. The standard InChI is InChI=1S/C19H28O3Si/c1-19(22-23(3,4)5,16-9-7-6-8-10-16)18(20)15-11-13-17(21-2)14-12-15/h9,11-14H,6-8,10H2,1-5H3. The molecule has 0 aliphatic heterocycles. The van der Waals surface area contributed by atoms with Crippen molar-refractivity contribution in [2.75, 3.05) is 7.11 Å². The van der Waals surface area contributed by atoms with Gasteiger partial charge < -0.3 is 9.16 Å². The second-order valence-corrected chi connectivity index (χ2v) is 11.7. The van der Waals surface area contributed by atoms with Crippen LogP contribution in [0.15, 0.2) is 35.9 Å². The number of hydrogen-bond acceptors (Lipinski definition) is 3. The summed E-state index contributed by atoms with van der Waals surface area (Å²) in [5.74, 6) is 0.807. The molecule has 0 radical (unpaired) electrons. The third-order valence-corrected chi connectivity index (χ3v) is 5.22. The van der Waals surface area contributed by atoms with E-state index in [-0.39, 0.29) is 5.78 Å². The lowest BCUT2D eigenvalue weighted by Crippen LogP contribution is -2.48. The number of ether oxygens (including phenoxy) is 1. The van der Waals surface area contributed by atoms with Crippen LogP contribution in [0.25, 0.3) is 0 Å². The minimum absolute atomic E-state index is 0.0516. The fraction of sp³-hybridized carbons (Fsp3) is 0.526. The number of benzene rings is 1. The maximum atomic E-state index is 13.3. The van der Waals surface area contributed by atoms with Gasteiger partial charge >= 0.3 is 0 Å². The van der Waals surface area contributed by atoms with Crippen molar-refractivity contribution in [1.29, 1.82) is 0 Å². The van der Waals surface area contributed by atoms with Gasteiger partial charge in [-0.15, -0.1) is 0 Å². The van der Waals surface area contributed by atoms with E-state index >= 15 is 0 Å². The number of rotatable bonds is 6. The van der Waals surface area contributed by atoms with Gasteiger partial charge in [0.05, 0.1) is 7.11 Å². The highest BCUT2D eigenvalue weighted by molar-refractivity contribution is 6.70. The first kappa shape index (κ1) is 18.0. The number of carbonyl (C=O) groups excluding carboxylic acids is 1. The van der Waals surface area contributed by atoms with Gasteiger partial charge in [-0.3, -0.25) is 4.79 Å². The van der Waals surface area contributed by atoms with E-state index < -0.39 is 13.9 Å². The van der Waals surface area contributed by atoms with E-state index in [9.17, 15) is 4.79 Å². The predicted octanol–water partition coefficient (Wildman–Crippen LogP) is 4.99. The Morgan fingerprint density at radius 2 is 1.78 bits per heavy atom. The average Bonchev–Trinajstić information content (AvgIpc) is 2.53. The SMILES string of the molecule is COc1ccc(C(=O)C(C)(O[Si](C)(C)C)C2=CCCCC2)cc1. The molecular formula is C19H28O3Si. The molecule has 0 N–H and O–H groups in total. The van der Waals surface area contributed by atoms with Crippen LogP contribution in [0, 0.1) is 0 Å². The Morgan fingerprint density at radius 1 is 1.13 bits per heavy atom. The number of allylic oxidation sites excluding steroid dienone is 1. The van der Waals surface area contributed by atoms with Crippen LogP contribution in [0.4, 0.5) is 0 Å². The zero-order valence-electron chi connectivity index (χ0n) is 14.9. The Morgan fingerprint density at radius 3 is 2.26 bits per heavy atom. The second-order valence-electron chi connectivity index (χ2n) is 7.28. The van der Waals surface area contributed by atoms with Crippen molar-refractivity contribution in [2.45, 2.75) is 57.8 Å². The summed E-state index contributed by atoms with van der Waals surface area (Å²) >= 11 is 0. The number of Topliss-reactive ketones (excluding diaryl/α,β-unsaturated/α-hetero) is 1. The van der Waals surface area contributed by atoms with Crippen molar-refractivity contribution in [3.63, 3.8) is 0 Å². The smallest absolute Gasteiger partial charge is 0.197 e. The van der Waals surface area contributed by atoms with Crippen LogP contribution in [0.5, 0.6) is 5.75 Å². The summed E-state index contributed by atoms with van der Waals surface area (Å²) in [6, 6.07) is 7.32. The number of hydrogen-bond donors (Lipinski definition) is 0. The summed E-state index contributed by atoms with van der Waals surface area (Å²) in [6.45, 7) is 8.36. The molecule has 0 aromatic heterocycles. The summed E-state index contributed by atoms with van der Waals surface area (Å²) < 4.78 is 11.6. The molecule has 1 aromatic rings. The van der Waals surface area contributed by atoms with Crippen LogP contribution in [0.2, 0.25) is 19.6 Å². The molecule has 0 amide bonds. The quantitative estimate of drug-likeness (QED) is 0.418. The van der Waals surface area contributed by atoms with E-state index in [1.165, 1.54) is 6.42 Å². The minimum atomic E-state index is -1.88. The zero-order chi connectivity index (χ0) is 17.1. The van der Waals surface area contributed by atoms with Gasteiger partial charge in [0.25, 0.3) is 0 Å². The summed E-state index contributed by atoms with van der Waals surface area (Å²) in [4.78, 5) is 13.3. The van der Waals surface area contributed by atoms with Crippen molar-refractivity contribution in [3.8, 4) is 5.75 Å². The van der Waals surface area contributed by atoms with E-state index in [1.807, 2.05) is 31.2 Å². The van der Waals surface area contributed by atoms with Crippen molar-refractivity contribution in [2.24, 2.45) is 0 Å². The minimum Gasteiger partial charge on any atom is -0.497 e. The Balaban J connectivity index is 2.38. The molecule has 2 rings (SSSR count). The van der Waals surface area contributed by atoms with Gasteiger partial charge in [0, 0.05) is 5.56 Å². The van der Waals surface area contributed by atoms with E-state index in [2.05, 4.69) is 25.7 Å². The summed E-state index contributed by atoms with van der Waals surface area (Å²) in [5.41, 5.74) is 0.976. The molecule has 0 bridgehead atoms. The topological polar surface area (TPSA) is 35.5 Å². The number of ketones is 1. The van der Waals surface area contributed by atoms with Gasteiger partial charge in [-0.25, -0.2) is 0 Å². The molecule has 0 spiro atoms. The van der Waals surface area contributed by atoms with Crippen LogP contribution in [-0.2, 0) is 4.43 Å². The first-order valence-corrected chi connectivity index (χ1v) is 11.8. The van der Waals surface area contributed by atoms with Crippen LogP contribution in [-0.4, -0.2) is 26.8 Å². The van der Waals surface area contributed by atoms with Gasteiger partial charge in [-0.1, -0.05) is 6.08 Å². The third kappa shape index (κ3) is 4.33. The largest absolute Gasteiger partial charge is 0.497 e. The van der Waals surface area contributed by atoms with Crippen LogP contribution < -0.4 is 4.74 Å². The van der Waals surface area contributed by atoms with Crippen molar-refractivity contribution in [1.82, 2.24) is 0 Å². The normalized spacial score (nSPS) is 18.0. The molecule has 3 nitrogen and oxygen atoms in total. The van der Waals surface area contributed by atoms with E-state index in [0.29, 0.717) is 5.56 Å². The molecule has 0 saturated carbocycles. The van der Waals surface area contributed by atoms with Crippen molar-refractivity contribution in [3.05, 3.63) is 41.5 Å². The predicted molar refractivity (Wildman–Crippen MR) is 96.7 cm³/mol. The molecule has 1 aliphatic carbocycles. The zero-order valence-corrected chi connectivity index (χ0v) is 15.9. The molecule has 126 valence electrons. The molecule has 1 atom stereocenters. The number of methoxy groups -OCH3 is 1. The molecule has 0 fully saturated rings. The first-order chi connectivity index (χ1) is 10.8. The van der Waals surface area contributed by atoms with Crippen molar-refractivity contribution >= 4 is 14.1 Å². The van der Waals surface area contributed by atoms with Gasteiger partial charge in [-0.2, -0.15) is 0 Å². The molecule has 1 aliphatic rings. The second kappa shape index (κ2) is 7.01. The molecule has 4 heteroatoms. The summed E-state index contributed by atoms with van der Waals surface area (Å²) in [5, 5.41) is 0. The maximum absolute atomic E-state index is 13.3. The van der Waals surface area contributed by atoms with Crippen molar-refractivity contribution < 1.29 is 14.0 Å². The average molecular weight is 333 g/mol. The van der Waals surface area contributed by atoms with E-state index in [1.54, 1.807) is 7.11 Å². The third-order valence-electron chi connectivity index (χ3n) is 4.20. The van der Waals surface area contributed by atoms with Crippen LogP contribution in [0.1, 0.15) is 43.0 Å². The molecule has 1 aromatic carbocycles. The van der Waals surface area contributed by atoms with Gasteiger partial charge in [0.15, 0.2) is 14.1 Å². The lowest BCUT2D eigenvalue weighted by Gasteiger charge is -2.38. The highest BCUT2D eigenvalue weighted by atomic mass is 28.4. The number of carbonyl (C=O) groups is 1. The molecule has 0 saturated heterocycles. The van der Waals surface area contributed by atoms with Gasteiger partial charge in [-0.05, 0) is 82.1 Å². The summed E-state index contributed by atoms with van der Waals surface area (Å²) in [6.07, 6.45) is 6.53. The molecular weight excluding hydrogens is 304 g/mol. The fourth-order valence-corrected chi connectivity index (χ4v) is 4.61. The Labute approximate surface area is 140 Å².